The number of carbonyl (C=O) groups excluding carboxylic acids is 1. The summed E-state index contributed by atoms with van der Waals surface area (Å²) in [6, 6.07) is 17.6. The van der Waals surface area contributed by atoms with Crippen LogP contribution in [0.4, 0.5) is 5.69 Å². The Labute approximate surface area is 194 Å². The minimum atomic E-state index is -0.775. The minimum absolute atomic E-state index is 0.250. The minimum Gasteiger partial charge on any atom is -0.497 e. The van der Waals surface area contributed by atoms with Gasteiger partial charge in [-0.05, 0) is 79.4 Å². The van der Waals surface area contributed by atoms with E-state index in [0.717, 1.165) is 35.7 Å². The molecule has 0 unspecified atom stereocenters. The molecule has 33 heavy (non-hydrogen) atoms. The zero-order valence-electron chi connectivity index (χ0n) is 19.3. The fourth-order valence-corrected chi connectivity index (χ4v) is 3.74. The molecule has 1 saturated heterocycles. The number of methoxy groups -OCH3 is 1. The van der Waals surface area contributed by atoms with Gasteiger partial charge in [-0.25, -0.2) is 0 Å². The second kappa shape index (κ2) is 9.05. The van der Waals surface area contributed by atoms with Crippen LogP contribution in [0.2, 0.25) is 0 Å². The number of pyridine rings is 1. The predicted octanol–water partition coefficient (Wildman–Crippen LogP) is 5.23. The molecule has 168 valence electrons. The van der Waals surface area contributed by atoms with Crippen molar-refractivity contribution in [1.29, 1.82) is 5.26 Å². The Morgan fingerprint density at radius 2 is 1.97 bits per heavy atom. The fourth-order valence-electron chi connectivity index (χ4n) is 3.74. The van der Waals surface area contributed by atoms with Crippen molar-refractivity contribution in [3.63, 3.8) is 0 Å². The summed E-state index contributed by atoms with van der Waals surface area (Å²) in [4.78, 5) is 17.2. The van der Waals surface area contributed by atoms with Crippen molar-refractivity contribution in [1.82, 2.24) is 4.98 Å². The van der Waals surface area contributed by atoms with Gasteiger partial charge in [0.05, 0.1) is 37.5 Å². The van der Waals surface area contributed by atoms with E-state index in [1.54, 1.807) is 39.3 Å². The van der Waals surface area contributed by atoms with Crippen LogP contribution in [0.15, 0.2) is 54.7 Å². The molecule has 4 rings (SSSR count). The molecule has 2 heterocycles. The van der Waals surface area contributed by atoms with Crippen LogP contribution in [0, 0.1) is 18.3 Å². The summed E-state index contributed by atoms with van der Waals surface area (Å²) in [5.74, 6) is 0.924. The fraction of sp³-hybridized carbons (Fsp3) is 0.296. The molecule has 1 aliphatic heterocycles. The van der Waals surface area contributed by atoms with Gasteiger partial charge in [0.2, 0.25) is 0 Å². The lowest BCUT2D eigenvalue weighted by atomic mass is 9.90. The van der Waals surface area contributed by atoms with E-state index in [4.69, 9.17) is 9.47 Å². The van der Waals surface area contributed by atoms with E-state index in [-0.39, 0.29) is 5.91 Å². The average molecular weight is 442 g/mol. The first-order valence-corrected chi connectivity index (χ1v) is 10.9. The van der Waals surface area contributed by atoms with E-state index in [1.165, 1.54) is 5.56 Å². The summed E-state index contributed by atoms with van der Waals surface area (Å²) in [6.07, 6.45) is 1.56. The lowest BCUT2D eigenvalue weighted by molar-refractivity contribution is 0.00838. The Hall–Kier alpha value is -3.69. The van der Waals surface area contributed by atoms with Crippen LogP contribution in [0.5, 0.6) is 5.75 Å². The van der Waals surface area contributed by atoms with Gasteiger partial charge in [-0.3, -0.25) is 9.78 Å². The number of amides is 1. The quantitative estimate of drug-likeness (QED) is 0.566. The van der Waals surface area contributed by atoms with Crippen LogP contribution >= 0.6 is 0 Å². The van der Waals surface area contributed by atoms with Crippen molar-refractivity contribution in [2.24, 2.45) is 0 Å². The number of nitrogens with zero attached hydrogens (tertiary/aromatic N) is 2. The maximum atomic E-state index is 12.9. The largest absolute Gasteiger partial charge is 0.497 e. The predicted molar refractivity (Wildman–Crippen MR) is 128 cm³/mol. The van der Waals surface area contributed by atoms with Crippen LogP contribution in [0.25, 0.3) is 11.1 Å². The Kier molecular flexibility index (Phi) is 6.17. The number of nitrogens with one attached hydrogen (secondary N) is 1. The summed E-state index contributed by atoms with van der Waals surface area (Å²) in [5.41, 5.74) is 5.28. The third-order valence-electron chi connectivity index (χ3n) is 6.02. The first-order chi connectivity index (χ1) is 15.8. The van der Waals surface area contributed by atoms with Gasteiger partial charge in [-0.15, -0.1) is 0 Å². The molecule has 2 aromatic carbocycles. The monoisotopic (exact) mass is 441 g/mol. The molecule has 1 amide bonds. The summed E-state index contributed by atoms with van der Waals surface area (Å²) >= 11 is 0. The molecule has 0 spiro atoms. The maximum Gasteiger partial charge on any atom is 0.255 e. The van der Waals surface area contributed by atoms with Crippen molar-refractivity contribution >= 4 is 11.6 Å². The van der Waals surface area contributed by atoms with Crippen LogP contribution in [-0.4, -0.2) is 31.2 Å². The van der Waals surface area contributed by atoms with E-state index in [0.29, 0.717) is 22.9 Å². The molecule has 6 heteroatoms. The number of rotatable bonds is 6. The van der Waals surface area contributed by atoms with Crippen molar-refractivity contribution in [3.8, 4) is 22.9 Å². The third-order valence-corrected chi connectivity index (χ3v) is 6.02. The number of aryl methyl sites for hydroxylation is 1. The Morgan fingerprint density at radius 3 is 2.64 bits per heavy atom. The van der Waals surface area contributed by atoms with E-state index in [9.17, 15) is 10.1 Å². The molecule has 0 atom stereocenters. The van der Waals surface area contributed by atoms with Crippen LogP contribution in [0.3, 0.4) is 0 Å². The molecule has 0 bridgehead atoms. The van der Waals surface area contributed by atoms with Crippen molar-refractivity contribution in [2.45, 2.75) is 32.1 Å². The highest BCUT2D eigenvalue weighted by Gasteiger charge is 2.23. The smallest absolute Gasteiger partial charge is 0.255 e. The SMILES string of the molecule is COc1cc(-c2cc(NC(=O)c3ccnc(C(C)(C)C#N)c3)ccc2C)cc(C2COC2)c1. The van der Waals surface area contributed by atoms with Gasteiger partial charge in [0, 0.05) is 23.4 Å². The number of anilines is 1. The number of ether oxygens (including phenoxy) is 2. The molecule has 1 fully saturated rings. The molecule has 0 saturated carbocycles. The summed E-state index contributed by atoms with van der Waals surface area (Å²) in [6.45, 7) is 7.05. The highest BCUT2D eigenvalue weighted by atomic mass is 16.5. The van der Waals surface area contributed by atoms with E-state index >= 15 is 0 Å². The average Bonchev–Trinajstić information content (AvgIpc) is 2.79. The van der Waals surface area contributed by atoms with Gasteiger partial charge >= 0.3 is 0 Å². The topological polar surface area (TPSA) is 84.2 Å². The molecule has 1 N–H and O–H groups in total. The van der Waals surface area contributed by atoms with Crippen LogP contribution in [-0.2, 0) is 10.2 Å². The first kappa shape index (κ1) is 22.5. The zero-order chi connectivity index (χ0) is 23.6. The van der Waals surface area contributed by atoms with Gasteiger partial charge < -0.3 is 14.8 Å². The Bertz CT molecular complexity index is 1240. The summed E-state index contributed by atoms with van der Waals surface area (Å²) in [7, 11) is 1.67. The standard InChI is InChI=1S/C27H27N3O3/c1-17-5-6-22(30-26(31)18-7-8-29-25(12-18)27(2,3)16-28)13-24(17)20-9-19(21-14-33-15-21)10-23(11-20)32-4/h5-13,21H,14-15H2,1-4H3,(H,30,31). The molecular formula is C27H27N3O3. The maximum absolute atomic E-state index is 12.9. The molecular weight excluding hydrogens is 414 g/mol. The third kappa shape index (κ3) is 4.74. The number of hydrogen-bond donors (Lipinski definition) is 1. The van der Waals surface area contributed by atoms with Crippen LogP contribution in [0.1, 0.15) is 46.9 Å². The zero-order valence-corrected chi connectivity index (χ0v) is 19.3. The number of aromatic nitrogens is 1. The second-order valence-corrected chi connectivity index (χ2v) is 8.88. The van der Waals surface area contributed by atoms with Gasteiger partial charge in [-0.2, -0.15) is 5.26 Å². The molecule has 0 radical (unpaired) electrons. The molecule has 1 aliphatic rings. The highest BCUT2D eigenvalue weighted by molar-refractivity contribution is 6.04. The van der Waals surface area contributed by atoms with Gasteiger partial charge in [0.25, 0.3) is 5.91 Å². The molecule has 0 aliphatic carbocycles. The van der Waals surface area contributed by atoms with Crippen molar-refractivity contribution in [2.75, 3.05) is 25.6 Å². The lowest BCUT2D eigenvalue weighted by Crippen LogP contribution is -2.25. The molecule has 6 nitrogen and oxygen atoms in total. The number of benzene rings is 2. The highest BCUT2D eigenvalue weighted by Crippen LogP contribution is 2.35. The first-order valence-electron chi connectivity index (χ1n) is 10.9. The normalized spacial score (nSPS) is 13.7. The summed E-state index contributed by atoms with van der Waals surface area (Å²) < 4.78 is 10.9. The van der Waals surface area contributed by atoms with Crippen molar-refractivity contribution in [3.05, 3.63) is 77.1 Å². The summed E-state index contributed by atoms with van der Waals surface area (Å²) in [5, 5.41) is 12.4. The van der Waals surface area contributed by atoms with Gasteiger partial charge in [-0.1, -0.05) is 12.1 Å². The van der Waals surface area contributed by atoms with Gasteiger partial charge in [0.15, 0.2) is 0 Å². The Balaban J connectivity index is 1.63. The number of hydrogen-bond acceptors (Lipinski definition) is 5. The Morgan fingerprint density at radius 1 is 1.18 bits per heavy atom. The van der Waals surface area contributed by atoms with E-state index in [1.807, 2.05) is 31.2 Å². The number of carbonyl (C=O) groups is 1. The number of nitriles is 1. The van der Waals surface area contributed by atoms with Crippen molar-refractivity contribution < 1.29 is 14.3 Å². The molecule has 1 aromatic heterocycles. The van der Waals surface area contributed by atoms with Crippen LogP contribution < -0.4 is 10.1 Å². The second-order valence-electron chi connectivity index (χ2n) is 8.88. The van der Waals surface area contributed by atoms with Gasteiger partial charge in [0.1, 0.15) is 5.75 Å². The van der Waals surface area contributed by atoms with E-state index in [2.05, 4.69) is 28.5 Å². The van der Waals surface area contributed by atoms with E-state index < -0.39 is 5.41 Å². The molecule has 3 aromatic rings. The lowest BCUT2D eigenvalue weighted by Gasteiger charge is -2.27.